The van der Waals surface area contributed by atoms with E-state index in [0.29, 0.717) is 4.90 Å². The first-order valence-corrected chi connectivity index (χ1v) is 4.14. The van der Waals surface area contributed by atoms with Crippen molar-refractivity contribution in [2.75, 3.05) is 0 Å². The molecule has 12 heavy (non-hydrogen) atoms. The summed E-state index contributed by atoms with van der Waals surface area (Å²) < 4.78 is 0. The Morgan fingerprint density at radius 2 is 2.00 bits per heavy atom. The minimum absolute atomic E-state index is 0.0781. The van der Waals surface area contributed by atoms with Gasteiger partial charge in [-0.25, -0.2) is 4.79 Å². The van der Waals surface area contributed by atoms with Crippen molar-refractivity contribution >= 4 is 41.8 Å². The van der Waals surface area contributed by atoms with Crippen molar-refractivity contribution in [3.8, 4) is 0 Å². The maximum atomic E-state index is 10.5. The lowest BCUT2D eigenvalue weighted by Gasteiger charge is -2.01. The number of thiol groups is 1. The molecule has 1 N–H and O–H groups in total. The van der Waals surface area contributed by atoms with Gasteiger partial charge in [-0.3, -0.25) is 0 Å². The van der Waals surface area contributed by atoms with E-state index in [2.05, 4.69) is 12.6 Å². The maximum Gasteiger partial charge on any atom is 0.335 e. The maximum absolute atomic E-state index is 10.5. The standard InChI is InChI=1S/C7H4Cl2O2S/c8-4-1-3(7(10)11)2-5(12)6(4)9/h1-2,12H,(H,10,11). The summed E-state index contributed by atoms with van der Waals surface area (Å²) in [7, 11) is 0. The average Bonchev–Trinajstić information content (AvgIpc) is 1.99. The number of rotatable bonds is 1. The Balaban J connectivity index is 3.31. The zero-order valence-corrected chi connectivity index (χ0v) is 8.12. The molecule has 0 amide bonds. The molecule has 1 rings (SSSR count). The highest BCUT2D eigenvalue weighted by Crippen LogP contribution is 2.29. The van der Waals surface area contributed by atoms with Crippen molar-refractivity contribution in [2.45, 2.75) is 4.90 Å². The van der Waals surface area contributed by atoms with Crippen LogP contribution in [0, 0.1) is 0 Å². The summed E-state index contributed by atoms with van der Waals surface area (Å²) in [5.41, 5.74) is 0.0781. The molecule has 0 aliphatic heterocycles. The van der Waals surface area contributed by atoms with Crippen LogP contribution in [0.3, 0.4) is 0 Å². The average molecular weight is 223 g/mol. The van der Waals surface area contributed by atoms with Crippen molar-refractivity contribution in [3.05, 3.63) is 27.7 Å². The summed E-state index contributed by atoms with van der Waals surface area (Å²) in [4.78, 5) is 10.8. The fourth-order valence-corrected chi connectivity index (χ4v) is 1.35. The second-order valence-electron chi connectivity index (χ2n) is 2.10. The molecule has 2 nitrogen and oxygen atoms in total. The van der Waals surface area contributed by atoms with Gasteiger partial charge in [0.2, 0.25) is 0 Å². The Kier molecular flexibility index (Phi) is 2.88. The van der Waals surface area contributed by atoms with Crippen LogP contribution in [0.4, 0.5) is 0 Å². The molecule has 0 atom stereocenters. The van der Waals surface area contributed by atoms with Crippen LogP contribution >= 0.6 is 35.8 Å². The van der Waals surface area contributed by atoms with Gasteiger partial charge in [0.25, 0.3) is 0 Å². The van der Waals surface area contributed by atoms with E-state index in [4.69, 9.17) is 28.3 Å². The van der Waals surface area contributed by atoms with Gasteiger partial charge in [0.15, 0.2) is 0 Å². The van der Waals surface area contributed by atoms with Gasteiger partial charge in [-0.15, -0.1) is 12.6 Å². The zero-order valence-electron chi connectivity index (χ0n) is 5.71. The monoisotopic (exact) mass is 222 g/mol. The molecule has 5 heteroatoms. The SMILES string of the molecule is O=C(O)c1cc(S)c(Cl)c(Cl)c1. The van der Waals surface area contributed by atoms with E-state index in [1.807, 2.05) is 0 Å². The second-order valence-corrected chi connectivity index (χ2v) is 3.36. The molecule has 0 aromatic heterocycles. The quantitative estimate of drug-likeness (QED) is 0.718. The van der Waals surface area contributed by atoms with Crippen molar-refractivity contribution in [2.24, 2.45) is 0 Å². The van der Waals surface area contributed by atoms with Gasteiger partial charge in [-0.2, -0.15) is 0 Å². The Morgan fingerprint density at radius 3 is 2.42 bits per heavy atom. The topological polar surface area (TPSA) is 37.3 Å². The number of hydrogen-bond acceptors (Lipinski definition) is 2. The minimum Gasteiger partial charge on any atom is -0.478 e. The minimum atomic E-state index is -1.05. The Morgan fingerprint density at radius 1 is 1.42 bits per heavy atom. The van der Waals surface area contributed by atoms with Crippen molar-refractivity contribution in [3.63, 3.8) is 0 Å². The summed E-state index contributed by atoms with van der Waals surface area (Å²) in [6, 6.07) is 2.63. The Bertz CT molecular complexity index is 315. The van der Waals surface area contributed by atoms with E-state index in [-0.39, 0.29) is 15.6 Å². The highest BCUT2D eigenvalue weighted by Gasteiger charge is 2.09. The van der Waals surface area contributed by atoms with Crippen LogP contribution in [0.2, 0.25) is 10.0 Å². The van der Waals surface area contributed by atoms with Crippen LogP contribution < -0.4 is 0 Å². The summed E-state index contributed by atoms with van der Waals surface area (Å²) in [6.45, 7) is 0. The van der Waals surface area contributed by atoms with Crippen LogP contribution in [0.15, 0.2) is 17.0 Å². The first-order chi connectivity index (χ1) is 5.52. The van der Waals surface area contributed by atoms with E-state index >= 15 is 0 Å². The molecule has 0 saturated heterocycles. The number of hydrogen-bond donors (Lipinski definition) is 2. The molecule has 0 saturated carbocycles. The van der Waals surface area contributed by atoms with Gasteiger partial charge in [-0.1, -0.05) is 23.2 Å². The summed E-state index contributed by atoms with van der Waals surface area (Å²) in [6.07, 6.45) is 0. The molecule has 0 fully saturated rings. The molecule has 64 valence electrons. The number of halogens is 2. The number of carboxylic acid groups (broad SMARTS) is 1. The first-order valence-electron chi connectivity index (χ1n) is 2.93. The molecule has 0 aliphatic rings. The van der Waals surface area contributed by atoms with Gasteiger partial charge in [0.1, 0.15) is 0 Å². The van der Waals surface area contributed by atoms with E-state index in [1.54, 1.807) is 0 Å². The molecule has 0 heterocycles. The van der Waals surface area contributed by atoms with Crippen molar-refractivity contribution < 1.29 is 9.90 Å². The zero-order chi connectivity index (χ0) is 9.30. The van der Waals surface area contributed by atoms with Crippen LogP contribution in [0.5, 0.6) is 0 Å². The van der Waals surface area contributed by atoms with E-state index in [0.717, 1.165) is 0 Å². The largest absolute Gasteiger partial charge is 0.478 e. The fraction of sp³-hybridized carbons (Fsp3) is 0. The summed E-state index contributed by atoms with van der Waals surface area (Å²) >= 11 is 15.2. The number of carboxylic acids is 1. The van der Waals surface area contributed by atoms with Crippen LogP contribution in [0.25, 0.3) is 0 Å². The lowest BCUT2D eigenvalue weighted by atomic mass is 10.2. The number of carbonyl (C=O) groups is 1. The molecule has 0 spiro atoms. The molecular formula is C7H4Cl2O2S. The van der Waals surface area contributed by atoms with Crippen LogP contribution in [0.1, 0.15) is 10.4 Å². The van der Waals surface area contributed by atoms with Gasteiger partial charge < -0.3 is 5.11 Å². The lowest BCUT2D eigenvalue weighted by Crippen LogP contribution is -1.96. The number of benzene rings is 1. The molecule has 1 aromatic rings. The van der Waals surface area contributed by atoms with Crippen LogP contribution in [-0.2, 0) is 0 Å². The van der Waals surface area contributed by atoms with Crippen molar-refractivity contribution in [1.82, 2.24) is 0 Å². The van der Waals surface area contributed by atoms with E-state index in [9.17, 15) is 4.79 Å². The Hall–Kier alpha value is -0.380. The third-order valence-electron chi connectivity index (χ3n) is 1.26. The number of aromatic carboxylic acids is 1. The van der Waals surface area contributed by atoms with E-state index in [1.165, 1.54) is 12.1 Å². The predicted molar refractivity (Wildman–Crippen MR) is 50.7 cm³/mol. The van der Waals surface area contributed by atoms with Gasteiger partial charge >= 0.3 is 5.97 Å². The molecule has 1 aromatic carbocycles. The molecular weight excluding hydrogens is 219 g/mol. The highest BCUT2D eigenvalue weighted by molar-refractivity contribution is 7.80. The molecule has 0 unspecified atom stereocenters. The van der Waals surface area contributed by atoms with Crippen molar-refractivity contribution in [1.29, 1.82) is 0 Å². The van der Waals surface area contributed by atoms with Gasteiger partial charge in [0.05, 0.1) is 15.6 Å². The molecule has 0 radical (unpaired) electrons. The second kappa shape index (κ2) is 3.56. The predicted octanol–water partition coefficient (Wildman–Crippen LogP) is 2.98. The van der Waals surface area contributed by atoms with Gasteiger partial charge in [-0.05, 0) is 12.1 Å². The van der Waals surface area contributed by atoms with E-state index < -0.39 is 5.97 Å². The molecule has 0 bridgehead atoms. The third kappa shape index (κ3) is 1.86. The normalized spacial score (nSPS) is 9.92. The highest BCUT2D eigenvalue weighted by atomic mass is 35.5. The van der Waals surface area contributed by atoms with Crippen LogP contribution in [-0.4, -0.2) is 11.1 Å². The third-order valence-corrected chi connectivity index (χ3v) is 2.54. The van der Waals surface area contributed by atoms with Gasteiger partial charge in [0, 0.05) is 4.90 Å². The Labute approximate surface area is 84.5 Å². The lowest BCUT2D eigenvalue weighted by molar-refractivity contribution is 0.0696. The first kappa shape index (κ1) is 9.71. The molecule has 0 aliphatic carbocycles. The smallest absolute Gasteiger partial charge is 0.335 e. The summed E-state index contributed by atoms with van der Waals surface area (Å²) in [5.74, 6) is -1.05. The fourth-order valence-electron chi connectivity index (χ4n) is 0.698. The summed E-state index contributed by atoms with van der Waals surface area (Å²) in [5, 5.41) is 9.05.